The molecule has 0 radical (unpaired) electrons. The summed E-state index contributed by atoms with van der Waals surface area (Å²) in [6.45, 7) is 0.631. The number of imidazole rings is 1. The van der Waals surface area contributed by atoms with E-state index >= 15 is 0 Å². The van der Waals surface area contributed by atoms with Gasteiger partial charge in [-0.1, -0.05) is 0 Å². The van der Waals surface area contributed by atoms with E-state index in [-0.39, 0.29) is 16.2 Å². The number of benzene rings is 1. The predicted molar refractivity (Wildman–Crippen MR) is 71.5 cm³/mol. The predicted octanol–water partition coefficient (Wildman–Crippen LogP) is 1.92. The monoisotopic (exact) mass is 296 g/mol. The molecule has 1 unspecified atom stereocenters. The molecule has 0 amide bonds. The molecule has 5 nitrogen and oxygen atoms in total. The number of carbonyl (C=O) groups is 1. The summed E-state index contributed by atoms with van der Waals surface area (Å²) >= 11 is 0. The first-order valence-corrected chi connectivity index (χ1v) is 7.27. The highest BCUT2D eigenvalue weighted by Crippen LogP contribution is 2.16. The van der Waals surface area contributed by atoms with Gasteiger partial charge in [-0.15, -0.1) is 0 Å². The number of carboxylic acid groups (broad SMARTS) is 1. The van der Waals surface area contributed by atoms with Gasteiger partial charge < -0.3 is 9.67 Å². The van der Waals surface area contributed by atoms with Gasteiger partial charge in [0, 0.05) is 24.7 Å². The number of rotatable bonds is 6. The van der Waals surface area contributed by atoms with Crippen LogP contribution in [0, 0.1) is 5.82 Å². The zero-order valence-electron chi connectivity index (χ0n) is 10.5. The SMILES string of the molecule is O=C(O)c1ccc(F)c(S(=O)CCCn2ccnc2)c1. The molecule has 0 spiro atoms. The average molecular weight is 296 g/mol. The summed E-state index contributed by atoms with van der Waals surface area (Å²) in [5.74, 6) is -1.55. The highest BCUT2D eigenvalue weighted by molar-refractivity contribution is 7.85. The summed E-state index contributed by atoms with van der Waals surface area (Å²) in [5.41, 5.74) is -0.0654. The Labute approximate surface area is 117 Å². The van der Waals surface area contributed by atoms with Crippen molar-refractivity contribution >= 4 is 16.8 Å². The lowest BCUT2D eigenvalue weighted by Gasteiger charge is -2.05. The third-order valence-corrected chi connectivity index (χ3v) is 4.19. The molecule has 1 N–H and O–H groups in total. The Morgan fingerprint density at radius 3 is 2.90 bits per heavy atom. The molecular formula is C13H13FN2O3S. The summed E-state index contributed by atoms with van der Waals surface area (Å²) in [6.07, 6.45) is 5.66. The van der Waals surface area contributed by atoms with Crippen molar-refractivity contribution in [3.63, 3.8) is 0 Å². The Morgan fingerprint density at radius 2 is 2.25 bits per heavy atom. The van der Waals surface area contributed by atoms with E-state index in [9.17, 15) is 13.4 Å². The van der Waals surface area contributed by atoms with Crippen LogP contribution in [0.2, 0.25) is 0 Å². The van der Waals surface area contributed by atoms with Crippen molar-refractivity contribution in [1.29, 1.82) is 0 Å². The fraction of sp³-hybridized carbons (Fsp3) is 0.231. The molecule has 1 aromatic heterocycles. The van der Waals surface area contributed by atoms with Crippen molar-refractivity contribution in [2.75, 3.05) is 5.75 Å². The molecule has 2 rings (SSSR count). The van der Waals surface area contributed by atoms with Crippen LogP contribution in [-0.2, 0) is 17.3 Å². The van der Waals surface area contributed by atoms with Gasteiger partial charge in [0.25, 0.3) is 0 Å². The molecule has 1 atom stereocenters. The summed E-state index contributed by atoms with van der Waals surface area (Å²) in [5, 5.41) is 8.85. The van der Waals surface area contributed by atoms with Gasteiger partial charge in [-0.3, -0.25) is 4.21 Å². The molecule has 0 saturated heterocycles. The second-order valence-corrected chi connectivity index (χ2v) is 5.69. The Hall–Kier alpha value is -2.02. The largest absolute Gasteiger partial charge is 0.478 e. The van der Waals surface area contributed by atoms with Crippen LogP contribution in [0.15, 0.2) is 41.8 Å². The van der Waals surface area contributed by atoms with Crippen LogP contribution >= 0.6 is 0 Å². The molecule has 1 aromatic carbocycles. The molecule has 0 aliphatic heterocycles. The highest BCUT2D eigenvalue weighted by atomic mass is 32.2. The Balaban J connectivity index is 2.01. The Morgan fingerprint density at radius 1 is 1.45 bits per heavy atom. The summed E-state index contributed by atoms with van der Waals surface area (Å²) in [6, 6.07) is 3.32. The molecule has 1 heterocycles. The van der Waals surface area contributed by atoms with E-state index in [0.717, 1.165) is 18.2 Å². The fourth-order valence-corrected chi connectivity index (χ4v) is 2.87. The first kappa shape index (κ1) is 14.4. The minimum Gasteiger partial charge on any atom is -0.478 e. The summed E-state index contributed by atoms with van der Waals surface area (Å²) in [7, 11) is -1.56. The smallest absolute Gasteiger partial charge is 0.335 e. The van der Waals surface area contributed by atoms with Gasteiger partial charge in [0.1, 0.15) is 5.82 Å². The van der Waals surface area contributed by atoms with Gasteiger partial charge in [0.15, 0.2) is 0 Å². The standard InChI is InChI=1S/C13H13FN2O3S/c14-11-3-2-10(13(17)18)8-12(11)20(19)7-1-5-16-6-4-15-9-16/h2-4,6,8-9H,1,5,7H2,(H,17,18). The summed E-state index contributed by atoms with van der Waals surface area (Å²) in [4.78, 5) is 14.7. The van der Waals surface area contributed by atoms with Crippen LogP contribution in [0.25, 0.3) is 0 Å². The van der Waals surface area contributed by atoms with Crippen LogP contribution in [-0.4, -0.2) is 30.6 Å². The minimum atomic E-state index is -1.56. The number of nitrogens with zero attached hydrogens (tertiary/aromatic N) is 2. The topological polar surface area (TPSA) is 72.2 Å². The quantitative estimate of drug-likeness (QED) is 0.884. The van der Waals surface area contributed by atoms with E-state index in [0.29, 0.717) is 13.0 Å². The first-order valence-electron chi connectivity index (χ1n) is 5.95. The lowest BCUT2D eigenvalue weighted by Crippen LogP contribution is -2.06. The number of aromatic carboxylic acids is 1. The van der Waals surface area contributed by atoms with Gasteiger partial charge in [-0.05, 0) is 24.6 Å². The molecule has 0 saturated carbocycles. The van der Waals surface area contributed by atoms with Crippen LogP contribution in [0.5, 0.6) is 0 Å². The number of hydrogen-bond acceptors (Lipinski definition) is 3. The molecule has 0 fully saturated rings. The molecule has 0 aliphatic rings. The molecular weight excluding hydrogens is 283 g/mol. The Kier molecular flexibility index (Phi) is 4.62. The van der Waals surface area contributed by atoms with Crippen molar-refractivity contribution < 1.29 is 18.5 Å². The van der Waals surface area contributed by atoms with Gasteiger partial charge in [-0.2, -0.15) is 0 Å². The van der Waals surface area contributed by atoms with Gasteiger partial charge >= 0.3 is 5.97 Å². The van der Waals surface area contributed by atoms with Crippen molar-refractivity contribution in [2.45, 2.75) is 17.9 Å². The van der Waals surface area contributed by atoms with Crippen molar-refractivity contribution in [3.8, 4) is 0 Å². The molecule has 0 aliphatic carbocycles. The van der Waals surface area contributed by atoms with E-state index in [1.54, 1.807) is 18.7 Å². The van der Waals surface area contributed by atoms with Crippen molar-refractivity contribution in [2.24, 2.45) is 0 Å². The molecule has 7 heteroatoms. The average Bonchev–Trinajstić information content (AvgIpc) is 2.92. The number of hydrogen-bond donors (Lipinski definition) is 1. The van der Waals surface area contributed by atoms with E-state index < -0.39 is 22.6 Å². The maximum atomic E-state index is 13.6. The van der Waals surface area contributed by atoms with Gasteiger partial charge in [0.05, 0.1) is 27.6 Å². The van der Waals surface area contributed by atoms with Crippen LogP contribution in [0.1, 0.15) is 16.8 Å². The molecule has 0 bridgehead atoms. The van der Waals surface area contributed by atoms with E-state index in [4.69, 9.17) is 5.11 Å². The number of aromatic nitrogens is 2. The van der Waals surface area contributed by atoms with Crippen LogP contribution in [0.3, 0.4) is 0 Å². The second-order valence-electron chi connectivity index (χ2n) is 4.15. The lowest BCUT2D eigenvalue weighted by molar-refractivity contribution is 0.0696. The zero-order valence-corrected chi connectivity index (χ0v) is 11.3. The fourth-order valence-electron chi connectivity index (χ4n) is 1.72. The zero-order chi connectivity index (χ0) is 14.5. The third-order valence-electron chi connectivity index (χ3n) is 2.73. The Bertz CT molecular complexity index is 629. The van der Waals surface area contributed by atoms with Crippen LogP contribution < -0.4 is 0 Å². The minimum absolute atomic E-state index is 0.0597. The van der Waals surface area contributed by atoms with Gasteiger partial charge in [-0.25, -0.2) is 14.2 Å². The lowest BCUT2D eigenvalue weighted by atomic mass is 10.2. The summed E-state index contributed by atoms with van der Waals surface area (Å²) < 4.78 is 27.4. The van der Waals surface area contributed by atoms with E-state index in [1.165, 1.54) is 0 Å². The highest BCUT2D eigenvalue weighted by Gasteiger charge is 2.13. The second kappa shape index (κ2) is 6.42. The van der Waals surface area contributed by atoms with Crippen LogP contribution in [0.4, 0.5) is 4.39 Å². The molecule has 2 aromatic rings. The third kappa shape index (κ3) is 3.51. The maximum absolute atomic E-state index is 13.6. The van der Waals surface area contributed by atoms with E-state index in [1.807, 2.05) is 4.57 Å². The van der Waals surface area contributed by atoms with Crippen molar-refractivity contribution in [1.82, 2.24) is 9.55 Å². The normalized spacial score (nSPS) is 12.2. The van der Waals surface area contributed by atoms with Gasteiger partial charge in [0.2, 0.25) is 0 Å². The number of halogens is 1. The van der Waals surface area contributed by atoms with Crippen molar-refractivity contribution in [3.05, 3.63) is 48.3 Å². The maximum Gasteiger partial charge on any atom is 0.335 e. The van der Waals surface area contributed by atoms with E-state index in [2.05, 4.69) is 4.98 Å². The first-order chi connectivity index (χ1) is 9.58. The number of aryl methyl sites for hydroxylation is 1. The number of carboxylic acids is 1. The molecule has 106 valence electrons. The molecule has 20 heavy (non-hydrogen) atoms.